The van der Waals surface area contributed by atoms with Gasteiger partial charge in [0.25, 0.3) is 0 Å². The average molecular weight is 328 g/mol. The zero-order valence-corrected chi connectivity index (χ0v) is 13.9. The number of piperazine rings is 1. The van der Waals surface area contributed by atoms with Crippen LogP contribution in [0.25, 0.3) is 0 Å². The minimum atomic E-state index is -3.63. The van der Waals surface area contributed by atoms with Gasteiger partial charge >= 0.3 is 0 Å². The van der Waals surface area contributed by atoms with Crippen LogP contribution in [0.5, 0.6) is 0 Å². The van der Waals surface area contributed by atoms with Crippen LogP contribution in [-0.4, -0.2) is 49.7 Å². The van der Waals surface area contributed by atoms with Gasteiger partial charge in [-0.05, 0) is 24.3 Å². The standard InChI is InChI=1S/C15H21FN2O3S/c1-15(2,3)14(19)17-8-10-18(11-9-17)22(20,21)13-6-4-12(16)5-7-13/h4-7H,8-11H2,1-3H3. The summed E-state index contributed by atoms with van der Waals surface area (Å²) >= 11 is 0. The smallest absolute Gasteiger partial charge is 0.243 e. The Kier molecular flexibility index (Phi) is 4.58. The van der Waals surface area contributed by atoms with Crippen molar-refractivity contribution >= 4 is 15.9 Å². The molecule has 1 amide bonds. The number of benzene rings is 1. The molecule has 2 rings (SSSR count). The molecule has 1 aromatic rings. The van der Waals surface area contributed by atoms with E-state index >= 15 is 0 Å². The van der Waals surface area contributed by atoms with Crippen molar-refractivity contribution < 1.29 is 17.6 Å². The molecule has 1 fully saturated rings. The summed E-state index contributed by atoms with van der Waals surface area (Å²) in [5, 5.41) is 0. The lowest BCUT2D eigenvalue weighted by atomic mass is 9.94. The summed E-state index contributed by atoms with van der Waals surface area (Å²) in [6.07, 6.45) is 0. The van der Waals surface area contributed by atoms with Gasteiger partial charge in [0.05, 0.1) is 4.90 Å². The molecule has 1 aromatic carbocycles. The zero-order chi connectivity index (χ0) is 16.5. The Morgan fingerprint density at radius 1 is 1.05 bits per heavy atom. The molecule has 0 atom stereocenters. The van der Waals surface area contributed by atoms with E-state index in [1.165, 1.54) is 16.4 Å². The third kappa shape index (κ3) is 3.47. The van der Waals surface area contributed by atoms with Crippen molar-refractivity contribution in [2.75, 3.05) is 26.2 Å². The summed E-state index contributed by atoms with van der Waals surface area (Å²) in [6.45, 7) is 6.78. The molecule has 0 aromatic heterocycles. The molecule has 5 nitrogen and oxygen atoms in total. The average Bonchev–Trinajstić information content (AvgIpc) is 2.46. The molecule has 0 radical (unpaired) electrons. The Bertz CT molecular complexity index is 642. The number of nitrogens with zero attached hydrogens (tertiary/aromatic N) is 2. The van der Waals surface area contributed by atoms with Crippen LogP contribution in [0.15, 0.2) is 29.2 Å². The zero-order valence-electron chi connectivity index (χ0n) is 13.0. The molecule has 1 saturated heterocycles. The monoisotopic (exact) mass is 328 g/mol. The van der Waals surface area contributed by atoms with Crippen molar-refractivity contribution in [2.45, 2.75) is 25.7 Å². The summed E-state index contributed by atoms with van der Waals surface area (Å²) in [6, 6.07) is 4.78. The maximum Gasteiger partial charge on any atom is 0.243 e. The van der Waals surface area contributed by atoms with Crippen LogP contribution in [0, 0.1) is 11.2 Å². The SMILES string of the molecule is CC(C)(C)C(=O)N1CCN(S(=O)(=O)c2ccc(F)cc2)CC1. The number of hydrogen-bond acceptors (Lipinski definition) is 3. The summed E-state index contributed by atoms with van der Waals surface area (Å²) in [7, 11) is -3.63. The van der Waals surface area contributed by atoms with Crippen LogP contribution in [0.1, 0.15) is 20.8 Å². The number of hydrogen-bond donors (Lipinski definition) is 0. The molecule has 7 heteroatoms. The molecule has 0 unspecified atom stereocenters. The second-order valence-corrected chi connectivity index (χ2v) is 8.34. The van der Waals surface area contributed by atoms with Crippen LogP contribution in [0.3, 0.4) is 0 Å². The summed E-state index contributed by atoms with van der Waals surface area (Å²) in [4.78, 5) is 14.0. The van der Waals surface area contributed by atoms with Gasteiger partial charge in [0.1, 0.15) is 5.82 Å². The molecule has 0 saturated carbocycles. The fourth-order valence-electron chi connectivity index (χ4n) is 2.36. The number of rotatable bonds is 2. The van der Waals surface area contributed by atoms with Gasteiger partial charge in [-0.15, -0.1) is 0 Å². The van der Waals surface area contributed by atoms with Crippen molar-refractivity contribution in [2.24, 2.45) is 5.41 Å². The van der Waals surface area contributed by atoms with Gasteiger partial charge in [0.15, 0.2) is 0 Å². The van der Waals surface area contributed by atoms with Gasteiger partial charge in [-0.2, -0.15) is 4.31 Å². The van der Waals surface area contributed by atoms with Crippen molar-refractivity contribution in [1.82, 2.24) is 9.21 Å². The molecule has 0 aliphatic carbocycles. The lowest BCUT2D eigenvalue weighted by Gasteiger charge is -2.37. The van der Waals surface area contributed by atoms with Crippen molar-refractivity contribution in [3.63, 3.8) is 0 Å². The molecule has 1 heterocycles. The quantitative estimate of drug-likeness (QED) is 0.830. The first-order valence-electron chi connectivity index (χ1n) is 7.17. The number of amides is 1. The molecule has 0 bridgehead atoms. The largest absolute Gasteiger partial charge is 0.340 e. The van der Waals surface area contributed by atoms with E-state index in [1.807, 2.05) is 20.8 Å². The predicted octanol–water partition coefficient (Wildman–Crippen LogP) is 1.70. The highest BCUT2D eigenvalue weighted by Crippen LogP contribution is 2.21. The normalized spacial score (nSPS) is 17.5. The van der Waals surface area contributed by atoms with E-state index in [2.05, 4.69) is 0 Å². The third-order valence-corrected chi connectivity index (χ3v) is 5.53. The van der Waals surface area contributed by atoms with Gasteiger partial charge < -0.3 is 4.90 Å². The van der Waals surface area contributed by atoms with Gasteiger partial charge in [-0.1, -0.05) is 20.8 Å². The molecule has 22 heavy (non-hydrogen) atoms. The van der Waals surface area contributed by atoms with Crippen molar-refractivity contribution in [1.29, 1.82) is 0 Å². The molecule has 1 aliphatic heterocycles. The van der Waals surface area contributed by atoms with Crippen LogP contribution in [-0.2, 0) is 14.8 Å². The lowest BCUT2D eigenvalue weighted by molar-refractivity contribution is -0.140. The van der Waals surface area contributed by atoms with Gasteiger partial charge in [-0.25, -0.2) is 12.8 Å². The van der Waals surface area contributed by atoms with Crippen molar-refractivity contribution in [3.8, 4) is 0 Å². The highest BCUT2D eigenvalue weighted by Gasteiger charge is 2.33. The first-order chi connectivity index (χ1) is 10.1. The second-order valence-electron chi connectivity index (χ2n) is 6.40. The van der Waals surface area contributed by atoms with E-state index in [0.717, 1.165) is 12.1 Å². The minimum Gasteiger partial charge on any atom is -0.340 e. The lowest BCUT2D eigenvalue weighted by Crippen LogP contribution is -2.52. The molecule has 122 valence electrons. The number of halogens is 1. The maximum absolute atomic E-state index is 12.9. The maximum atomic E-state index is 12.9. The van der Waals surface area contributed by atoms with E-state index in [-0.39, 0.29) is 23.9 Å². The Morgan fingerprint density at radius 2 is 1.55 bits per heavy atom. The van der Waals surface area contributed by atoms with E-state index < -0.39 is 21.3 Å². The van der Waals surface area contributed by atoms with E-state index in [9.17, 15) is 17.6 Å². The van der Waals surface area contributed by atoms with Crippen LogP contribution in [0.2, 0.25) is 0 Å². The number of sulfonamides is 1. The highest BCUT2D eigenvalue weighted by atomic mass is 32.2. The Labute approximate surface area is 130 Å². The fraction of sp³-hybridized carbons (Fsp3) is 0.533. The predicted molar refractivity (Wildman–Crippen MR) is 81.2 cm³/mol. The topological polar surface area (TPSA) is 57.7 Å². The molecular weight excluding hydrogens is 307 g/mol. The van der Waals surface area contributed by atoms with Crippen molar-refractivity contribution in [3.05, 3.63) is 30.1 Å². The number of carbonyl (C=O) groups is 1. The Hall–Kier alpha value is -1.47. The first kappa shape index (κ1) is 16.9. The minimum absolute atomic E-state index is 0.0198. The van der Waals surface area contributed by atoms with Gasteiger partial charge in [0, 0.05) is 31.6 Å². The third-order valence-electron chi connectivity index (χ3n) is 3.62. The molecular formula is C15H21FN2O3S. The molecule has 0 N–H and O–H groups in total. The summed E-state index contributed by atoms with van der Waals surface area (Å²) < 4.78 is 39.2. The Balaban J connectivity index is 2.08. The van der Waals surface area contributed by atoms with Crippen LogP contribution >= 0.6 is 0 Å². The van der Waals surface area contributed by atoms with Gasteiger partial charge in [0.2, 0.25) is 15.9 Å². The van der Waals surface area contributed by atoms with E-state index in [0.29, 0.717) is 13.1 Å². The highest BCUT2D eigenvalue weighted by molar-refractivity contribution is 7.89. The second kappa shape index (κ2) is 5.96. The Morgan fingerprint density at radius 3 is 2.00 bits per heavy atom. The van der Waals surface area contributed by atoms with E-state index in [4.69, 9.17) is 0 Å². The van der Waals surface area contributed by atoms with Crippen LogP contribution in [0.4, 0.5) is 4.39 Å². The summed E-state index contributed by atoms with van der Waals surface area (Å²) in [5.74, 6) is -0.453. The first-order valence-corrected chi connectivity index (χ1v) is 8.61. The van der Waals surface area contributed by atoms with E-state index in [1.54, 1.807) is 4.90 Å². The fourth-order valence-corrected chi connectivity index (χ4v) is 3.78. The number of carbonyl (C=O) groups excluding carboxylic acids is 1. The van der Waals surface area contributed by atoms with Crippen LogP contribution < -0.4 is 0 Å². The molecule has 1 aliphatic rings. The molecule has 0 spiro atoms. The van der Waals surface area contributed by atoms with Gasteiger partial charge in [-0.3, -0.25) is 4.79 Å². The summed E-state index contributed by atoms with van der Waals surface area (Å²) in [5.41, 5.74) is -0.474.